The molecule has 0 amide bonds. The highest BCUT2D eigenvalue weighted by Gasteiger charge is 2.40. The van der Waals surface area contributed by atoms with E-state index in [1.807, 2.05) is 24.4 Å². The number of halogens is 3. The van der Waals surface area contributed by atoms with E-state index in [4.69, 9.17) is 0 Å². The van der Waals surface area contributed by atoms with E-state index in [-0.39, 0.29) is 24.3 Å². The van der Waals surface area contributed by atoms with Crippen molar-refractivity contribution in [2.75, 3.05) is 5.32 Å². The topological polar surface area (TPSA) is 124 Å². The normalized spacial score (nSPS) is 19.8. The van der Waals surface area contributed by atoms with Gasteiger partial charge in [0.15, 0.2) is 0 Å². The minimum atomic E-state index is -4.54. The van der Waals surface area contributed by atoms with Gasteiger partial charge in [0, 0.05) is 41.6 Å². The largest absolute Gasteiger partial charge is 0.481 e. The summed E-state index contributed by atoms with van der Waals surface area (Å²) in [7, 11) is 0. The van der Waals surface area contributed by atoms with Crippen molar-refractivity contribution in [3.05, 3.63) is 59.1 Å². The predicted molar refractivity (Wildman–Crippen MR) is 136 cm³/mol. The van der Waals surface area contributed by atoms with Gasteiger partial charge in [-0.15, -0.1) is 11.3 Å². The van der Waals surface area contributed by atoms with Crippen molar-refractivity contribution in [2.45, 2.75) is 50.9 Å². The molecular formula is C26H26F3N5O3S. The van der Waals surface area contributed by atoms with Crippen molar-refractivity contribution in [1.82, 2.24) is 19.9 Å². The van der Waals surface area contributed by atoms with Gasteiger partial charge < -0.3 is 20.5 Å². The third-order valence-electron chi connectivity index (χ3n) is 7.22. The Hall–Kier alpha value is -3.51. The molecule has 0 unspecified atom stereocenters. The molecule has 200 valence electrons. The first kappa shape index (κ1) is 26.1. The molecule has 38 heavy (non-hydrogen) atoms. The van der Waals surface area contributed by atoms with E-state index < -0.39 is 23.4 Å². The molecule has 8 nitrogen and oxygen atoms in total. The summed E-state index contributed by atoms with van der Waals surface area (Å²) in [6, 6.07) is 6.53. The van der Waals surface area contributed by atoms with Crippen LogP contribution in [0.4, 0.5) is 19.1 Å². The number of carboxylic acids is 1. The van der Waals surface area contributed by atoms with E-state index in [0.717, 1.165) is 39.2 Å². The Morgan fingerprint density at radius 1 is 1.18 bits per heavy atom. The molecule has 12 heteroatoms. The van der Waals surface area contributed by atoms with Crippen LogP contribution in [0.25, 0.3) is 21.3 Å². The van der Waals surface area contributed by atoms with Gasteiger partial charge in [-0.05, 0) is 56.2 Å². The van der Waals surface area contributed by atoms with Crippen LogP contribution in [-0.4, -0.2) is 36.1 Å². The number of rotatable bonds is 7. The number of anilines is 1. The first-order chi connectivity index (χ1) is 18.0. The van der Waals surface area contributed by atoms with Crippen molar-refractivity contribution < 1.29 is 28.2 Å². The standard InChI is InChI=1S/C26H26F3N5O3S/c1-25(37,16-5-3-15(4-6-16)22(35)36)23-32-13-20(38-23)18-12-31-19-10-14(2-7-17(18)19)11-33-24-30-9-8-21(34-24)26(27,28)29/h2,7-10,12-13,15-16,31,37H,3-6,11H2,1H3,(H,35,36)(H,30,33,34)/t15-,16-,25-/m1/s1. The van der Waals surface area contributed by atoms with Crippen molar-refractivity contribution in [3.63, 3.8) is 0 Å². The number of hydrogen-bond donors (Lipinski definition) is 4. The third kappa shape index (κ3) is 5.23. The lowest BCUT2D eigenvalue weighted by atomic mass is 9.74. The summed E-state index contributed by atoms with van der Waals surface area (Å²) in [5.74, 6) is -1.29. The van der Waals surface area contributed by atoms with Crippen molar-refractivity contribution in [2.24, 2.45) is 11.8 Å². The average molecular weight is 546 g/mol. The number of hydrogen-bond acceptors (Lipinski definition) is 7. The summed E-state index contributed by atoms with van der Waals surface area (Å²) in [6.07, 6.45) is 2.50. The third-order valence-corrected chi connectivity index (χ3v) is 8.48. The second-order valence-corrected chi connectivity index (χ2v) is 10.8. The van der Waals surface area contributed by atoms with Gasteiger partial charge in [0.2, 0.25) is 5.95 Å². The van der Waals surface area contributed by atoms with E-state index in [1.165, 1.54) is 11.3 Å². The molecular weight excluding hydrogens is 519 g/mol. The number of nitrogens with zero attached hydrogens (tertiary/aromatic N) is 3. The van der Waals surface area contributed by atoms with E-state index in [0.29, 0.717) is 30.7 Å². The maximum Gasteiger partial charge on any atom is 0.433 e. The van der Waals surface area contributed by atoms with E-state index in [9.17, 15) is 28.2 Å². The number of aromatic nitrogens is 4. The fourth-order valence-electron chi connectivity index (χ4n) is 4.98. The van der Waals surface area contributed by atoms with Crippen LogP contribution in [0.1, 0.15) is 48.9 Å². The molecule has 1 atom stereocenters. The summed E-state index contributed by atoms with van der Waals surface area (Å²) in [4.78, 5) is 27.3. The van der Waals surface area contributed by atoms with Crippen molar-refractivity contribution in [1.29, 1.82) is 0 Å². The highest BCUT2D eigenvalue weighted by atomic mass is 32.1. The number of thiazole rings is 1. The monoisotopic (exact) mass is 545 g/mol. The number of aliphatic carboxylic acids is 1. The Morgan fingerprint density at radius 2 is 1.95 bits per heavy atom. The predicted octanol–water partition coefficient (Wildman–Crippen LogP) is 5.81. The summed E-state index contributed by atoms with van der Waals surface area (Å²) >= 11 is 1.41. The summed E-state index contributed by atoms with van der Waals surface area (Å²) in [5, 5.41) is 25.0. The van der Waals surface area contributed by atoms with Gasteiger partial charge in [0.1, 0.15) is 16.3 Å². The average Bonchev–Trinajstić information content (AvgIpc) is 3.55. The Labute approximate surface area is 220 Å². The number of carboxylic acid groups (broad SMARTS) is 1. The number of nitrogens with one attached hydrogen (secondary N) is 2. The van der Waals surface area contributed by atoms with Crippen molar-refractivity contribution >= 4 is 34.2 Å². The minimum Gasteiger partial charge on any atom is -0.481 e. The maximum atomic E-state index is 12.9. The molecule has 0 spiro atoms. The zero-order valence-electron chi connectivity index (χ0n) is 20.4. The molecule has 1 aliphatic carbocycles. The molecule has 0 bridgehead atoms. The molecule has 4 aromatic rings. The maximum absolute atomic E-state index is 12.9. The molecule has 0 aliphatic heterocycles. The van der Waals surface area contributed by atoms with Crippen LogP contribution in [0, 0.1) is 11.8 Å². The lowest BCUT2D eigenvalue weighted by molar-refractivity contribution is -0.144. The van der Waals surface area contributed by atoms with Gasteiger partial charge in [0.05, 0.1) is 10.8 Å². The van der Waals surface area contributed by atoms with Crippen LogP contribution in [-0.2, 0) is 23.1 Å². The van der Waals surface area contributed by atoms with E-state index >= 15 is 0 Å². The van der Waals surface area contributed by atoms with Crippen LogP contribution in [0.15, 0.2) is 42.9 Å². The molecule has 0 saturated heterocycles. The molecule has 1 aliphatic rings. The minimum absolute atomic E-state index is 0.0593. The summed E-state index contributed by atoms with van der Waals surface area (Å²) < 4.78 is 38.7. The van der Waals surface area contributed by atoms with Gasteiger partial charge in [-0.3, -0.25) is 4.79 Å². The Balaban J connectivity index is 1.29. The molecule has 1 saturated carbocycles. The number of benzene rings is 1. The molecule has 0 radical (unpaired) electrons. The smallest absolute Gasteiger partial charge is 0.433 e. The summed E-state index contributed by atoms with van der Waals surface area (Å²) in [5.41, 5.74) is 0.447. The van der Waals surface area contributed by atoms with Gasteiger partial charge >= 0.3 is 12.1 Å². The Kier molecular flexibility index (Phi) is 6.86. The van der Waals surface area contributed by atoms with Crippen LogP contribution >= 0.6 is 11.3 Å². The van der Waals surface area contributed by atoms with Gasteiger partial charge in [0.25, 0.3) is 0 Å². The van der Waals surface area contributed by atoms with Crippen LogP contribution in [0.5, 0.6) is 0 Å². The number of aromatic amines is 1. The number of H-pyrrole nitrogens is 1. The highest BCUT2D eigenvalue weighted by Crippen LogP contribution is 2.44. The van der Waals surface area contributed by atoms with E-state index in [1.54, 1.807) is 13.1 Å². The SMILES string of the molecule is C[C@](O)(c1ncc(-c2c[nH]c3cc(CNc4nccc(C(F)(F)F)n4)ccc23)s1)[C@H]1CC[C@H](C(=O)O)CC1. The molecule has 1 aromatic carbocycles. The van der Waals surface area contributed by atoms with Crippen molar-refractivity contribution in [3.8, 4) is 10.4 Å². The van der Waals surface area contributed by atoms with Gasteiger partial charge in [-0.2, -0.15) is 13.2 Å². The fraction of sp³-hybridized carbons (Fsp3) is 0.385. The first-order valence-corrected chi connectivity index (χ1v) is 13.0. The molecule has 5 rings (SSSR count). The van der Waals surface area contributed by atoms with Gasteiger partial charge in [-0.1, -0.05) is 12.1 Å². The van der Waals surface area contributed by atoms with Crippen LogP contribution < -0.4 is 5.32 Å². The number of aliphatic hydroxyl groups is 1. The fourth-order valence-corrected chi connectivity index (χ4v) is 6.05. The van der Waals surface area contributed by atoms with E-state index in [2.05, 4.69) is 25.3 Å². The molecule has 4 N–H and O–H groups in total. The quantitative estimate of drug-likeness (QED) is 0.231. The van der Waals surface area contributed by atoms with Gasteiger partial charge in [-0.25, -0.2) is 15.0 Å². The summed E-state index contributed by atoms with van der Waals surface area (Å²) in [6.45, 7) is 1.99. The lowest BCUT2D eigenvalue weighted by Gasteiger charge is -2.35. The lowest BCUT2D eigenvalue weighted by Crippen LogP contribution is -2.35. The first-order valence-electron chi connectivity index (χ1n) is 12.2. The number of carbonyl (C=O) groups is 1. The molecule has 3 heterocycles. The zero-order valence-corrected chi connectivity index (χ0v) is 21.2. The Morgan fingerprint density at radius 3 is 2.66 bits per heavy atom. The highest BCUT2D eigenvalue weighted by molar-refractivity contribution is 7.15. The van der Waals surface area contributed by atoms with Crippen LogP contribution in [0.2, 0.25) is 0 Å². The Bertz CT molecular complexity index is 1460. The molecule has 3 aromatic heterocycles. The second-order valence-electron chi connectivity index (χ2n) is 9.76. The number of alkyl halides is 3. The second kappa shape index (κ2) is 9.99. The molecule has 1 fully saturated rings. The van der Waals surface area contributed by atoms with Crippen LogP contribution in [0.3, 0.4) is 0 Å². The zero-order chi connectivity index (χ0) is 27.1. The number of fused-ring (bicyclic) bond motifs is 1.